The summed E-state index contributed by atoms with van der Waals surface area (Å²) in [6.45, 7) is 9.92. The van der Waals surface area contributed by atoms with Crippen molar-refractivity contribution in [1.29, 1.82) is 0 Å². The molecule has 0 aliphatic heterocycles. The molecule has 0 saturated heterocycles. The van der Waals surface area contributed by atoms with Crippen LogP contribution in [-0.4, -0.2) is 11.9 Å². The summed E-state index contributed by atoms with van der Waals surface area (Å²) in [5.41, 5.74) is 4.40. The van der Waals surface area contributed by atoms with Crippen LogP contribution in [0.3, 0.4) is 0 Å². The van der Waals surface area contributed by atoms with Crippen molar-refractivity contribution in [3.05, 3.63) is 47.0 Å². The van der Waals surface area contributed by atoms with E-state index in [1.54, 1.807) is 11.1 Å². The summed E-state index contributed by atoms with van der Waals surface area (Å²) in [6, 6.07) is 10.4. The fourth-order valence-corrected chi connectivity index (χ4v) is 6.54. The molecule has 2 heteroatoms. The first-order valence-electron chi connectivity index (χ1n) is 11.2. The van der Waals surface area contributed by atoms with E-state index in [-0.39, 0.29) is 28.8 Å². The second-order valence-corrected chi connectivity index (χ2v) is 10.3. The highest BCUT2D eigenvalue weighted by Gasteiger charge is 2.54. The summed E-state index contributed by atoms with van der Waals surface area (Å²) < 4.78 is 6.46. The normalized spacial score (nSPS) is 35.1. The Morgan fingerprint density at radius 2 is 1.79 bits per heavy atom. The van der Waals surface area contributed by atoms with Crippen molar-refractivity contribution >= 4 is 5.78 Å². The summed E-state index contributed by atoms with van der Waals surface area (Å²) in [4.78, 5) is 14.0. The van der Waals surface area contributed by atoms with E-state index >= 15 is 0 Å². The molecule has 1 aromatic carbocycles. The molecule has 1 aromatic rings. The van der Waals surface area contributed by atoms with Gasteiger partial charge in [0.1, 0.15) is 5.78 Å². The molecule has 152 valence electrons. The Morgan fingerprint density at radius 1 is 1.04 bits per heavy atom. The first-order chi connectivity index (χ1) is 13.3. The van der Waals surface area contributed by atoms with E-state index in [4.69, 9.17) is 4.74 Å². The van der Waals surface area contributed by atoms with E-state index in [9.17, 15) is 4.79 Å². The Morgan fingerprint density at radius 3 is 2.54 bits per heavy atom. The zero-order valence-corrected chi connectivity index (χ0v) is 18.1. The maximum atomic E-state index is 14.0. The van der Waals surface area contributed by atoms with E-state index in [1.165, 1.54) is 12.0 Å². The SMILES string of the molecule is CC1=C2CC[C@]3(C)CCC[C@@H](OCc4ccccc4)[C@H]3C(=O)[C@H](CC1)C2(C)C. The second-order valence-electron chi connectivity index (χ2n) is 10.3. The van der Waals surface area contributed by atoms with E-state index in [2.05, 4.69) is 52.0 Å². The first-order valence-corrected chi connectivity index (χ1v) is 11.2. The number of benzene rings is 1. The Kier molecular flexibility index (Phi) is 5.29. The van der Waals surface area contributed by atoms with Gasteiger partial charge in [-0.2, -0.15) is 0 Å². The van der Waals surface area contributed by atoms with Crippen LogP contribution in [0.2, 0.25) is 0 Å². The van der Waals surface area contributed by atoms with Gasteiger partial charge in [0, 0.05) is 11.8 Å². The van der Waals surface area contributed by atoms with Gasteiger partial charge in [-0.3, -0.25) is 4.79 Å². The molecule has 0 unspecified atom stereocenters. The van der Waals surface area contributed by atoms with Gasteiger partial charge in [-0.1, -0.05) is 68.7 Å². The molecule has 0 radical (unpaired) electrons. The molecule has 28 heavy (non-hydrogen) atoms. The summed E-state index contributed by atoms with van der Waals surface area (Å²) in [5.74, 6) is 0.695. The summed E-state index contributed by atoms with van der Waals surface area (Å²) in [7, 11) is 0. The molecule has 0 amide bonds. The highest BCUT2D eigenvalue weighted by molar-refractivity contribution is 5.86. The molecule has 2 fully saturated rings. The number of ketones is 1. The number of allylic oxidation sites excluding steroid dienone is 2. The van der Waals surface area contributed by atoms with Crippen LogP contribution in [0.4, 0.5) is 0 Å². The molecule has 2 nitrogen and oxygen atoms in total. The maximum Gasteiger partial charge on any atom is 0.143 e. The summed E-state index contributed by atoms with van der Waals surface area (Å²) >= 11 is 0. The van der Waals surface area contributed by atoms with Crippen LogP contribution in [0.1, 0.15) is 78.2 Å². The monoisotopic (exact) mass is 380 g/mol. The molecule has 3 aliphatic carbocycles. The van der Waals surface area contributed by atoms with Crippen LogP contribution in [0.5, 0.6) is 0 Å². The number of hydrogen-bond donors (Lipinski definition) is 0. The number of carbonyl (C=O) groups is 1. The fourth-order valence-electron chi connectivity index (χ4n) is 6.54. The van der Waals surface area contributed by atoms with E-state index < -0.39 is 0 Å². The van der Waals surface area contributed by atoms with Crippen molar-refractivity contribution in [3.63, 3.8) is 0 Å². The van der Waals surface area contributed by atoms with Crippen LogP contribution in [0.15, 0.2) is 41.5 Å². The highest BCUT2D eigenvalue weighted by atomic mass is 16.5. The molecule has 4 atom stereocenters. The van der Waals surface area contributed by atoms with Crippen LogP contribution < -0.4 is 0 Å². The molecule has 2 bridgehead atoms. The van der Waals surface area contributed by atoms with Gasteiger partial charge in [-0.25, -0.2) is 0 Å². The summed E-state index contributed by atoms with van der Waals surface area (Å²) in [5, 5.41) is 0. The molecule has 0 heterocycles. The Hall–Kier alpha value is -1.41. The number of ether oxygens (including phenoxy) is 1. The van der Waals surface area contributed by atoms with E-state index in [0.717, 1.165) is 38.5 Å². The van der Waals surface area contributed by atoms with E-state index in [1.807, 2.05) is 6.07 Å². The van der Waals surface area contributed by atoms with Crippen LogP contribution in [0.25, 0.3) is 0 Å². The van der Waals surface area contributed by atoms with Gasteiger partial charge in [-0.05, 0) is 61.8 Å². The molecule has 2 saturated carbocycles. The van der Waals surface area contributed by atoms with Crippen molar-refractivity contribution < 1.29 is 9.53 Å². The Labute approximate surface area is 170 Å². The minimum Gasteiger partial charge on any atom is -0.373 e. The minimum absolute atomic E-state index is 0.00216. The molecule has 4 rings (SSSR count). The predicted octanol–water partition coefficient (Wildman–Crippen LogP) is 6.49. The van der Waals surface area contributed by atoms with Gasteiger partial charge in [0.05, 0.1) is 12.7 Å². The molecule has 0 N–H and O–H groups in total. The van der Waals surface area contributed by atoms with Crippen molar-refractivity contribution in [2.75, 3.05) is 0 Å². The summed E-state index contributed by atoms with van der Waals surface area (Å²) in [6.07, 6.45) is 7.80. The zero-order chi connectivity index (χ0) is 19.9. The predicted molar refractivity (Wildman–Crippen MR) is 114 cm³/mol. The van der Waals surface area contributed by atoms with Gasteiger partial charge in [0.25, 0.3) is 0 Å². The van der Waals surface area contributed by atoms with Crippen LogP contribution in [0, 0.1) is 22.7 Å². The van der Waals surface area contributed by atoms with Crippen molar-refractivity contribution in [2.45, 2.75) is 85.4 Å². The number of rotatable bonds is 3. The van der Waals surface area contributed by atoms with Crippen molar-refractivity contribution in [2.24, 2.45) is 22.7 Å². The molecule has 0 aromatic heterocycles. The molecule has 0 spiro atoms. The number of Topliss-reactive ketones (excluding diaryl/α,β-unsaturated/α-hetero) is 1. The lowest BCUT2D eigenvalue weighted by molar-refractivity contribution is -0.151. The maximum absolute atomic E-state index is 14.0. The first kappa shape index (κ1) is 19.9. The average molecular weight is 381 g/mol. The quantitative estimate of drug-likeness (QED) is 0.560. The van der Waals surface area contributed by atoms with Crippen LogP contribution >= 0.6 is 0 Å². The zero-order valence-electron chi connectivity index (χ0n) is 18.1. The Balaban J connectivity index is 1.64. The van der Waals surface area contributed by atoms with Crippen molar-refractivity contribution in [3.8, 4) is 0 Å². The topological polar surface area (TPSA) is 26.3 Å². The third-order valence-corrected chi connectivity index (χ3v) is 8.23. The molecular formula is C26H36O2. The Bertz CT molecular complexity index is 760. The van der Waals surface area contributed by atoms with Gasteiger partial charge < -0.3 is 4.74 Å². The number of hydrogen-bond acceptors (Lipinski definition) is 2. The van der Waals surface area contributed by atoms with Gasteiger partial charge in [0.2, 0.25) is 0 Å². The van der Waals surface area contributed by atoms with Crippen molar-refractivity contribution in [1.82, 2.24) is 0 Å². The highest BCUT2D eigenvalue weighted by Crippen LogP contribution is 2.56. The smallest absolute Gasteiger partial charge is 0.143 e. The number of carbonyl (C=O) groups excluding carboxylic acids is 1. The average Bonchev–Trinajstić information content (AvgIpc) is 2.65. The lowest BCUT2D eigenvalue weighted by Gasteiger charge is -2.52. The largest absolute Gasteiger partial charge is 0.373 e. The van der Waals surface area contributed by atoms with E-state index in [0.29, 0.717) is 12.4 Å². The second kappa shape index (κ2) is 7.44. The third-order valence-electron chi connectivity index (χ3n) is 8.23. The fraction of sp³-hybridized carbons (Fsp3) is 0.654. The minimum atomic E-state index is 0.00216. The van der Waals surface area contributed by atoms with Gasteiger partial charge >= 0.3 is 0 Å². The standard InChI is InChI=1S/C26H36O2/c1-18-12-13-21-24(27)23-22(28-17-19-9-6-5-7-10-19)11-8-15-26(23,4)16-14-20(18)25(21,2)3/h5-7,9-10,21-23H,8,11-17H2,1-4H3/t21-,22+,23-,26-/m0/s1. The molecular weight excluding hydrogens is 344 g/mol. The third kappa shape index (κ3) is 3.38. The van der Waals surface area contributed by atoms with Crippen LogP contribution in [-0.2, 0) is 16.1 Å². The van der Waals surface area contributed by atoms with Gasteiger partial charge in [0.15, 0.2) is 0 Å². The number of fused-ring (bicyclic) bond motifs is 3. The lowest BCUT2D eigenvalue weighted by Crippen LogP contribution is -2.52. The molecule has 3 aliphatic rings. The van der Waals surface area contributed by atoms with Gasteiger partial charge in [-0.15, -0.1) is 0 Å². The lowest BCUT2D eigenvalue weighted by atomic mass is 9.52.